The largest absolute Gasteiger partial charge is 0.379 e. The molecule has 2 aromatic rings. The van der Waals surface area contributed by atoms with Crippen LogP contribution in [0.15, 0.2) is 30.5 Å². The van der Waals surface area contributed by atoms with Crippen LogP contribution in [0.3, 0.4) is 0 Å². The first-order chi connectivity index (χ1) is 9.84. The molecule has 0 saturated carbocycles. The minimum absolute atomic E-state index is 0.0107. The SMILES string of the molecule is O=C(NCCN1CCOCC1)c1cccc2[nH]ccc12. The quantitative estimate of drug-likeness (QED) is 0.881. The minimum Gasteiger partial charge on any atom is -0.379 e. The summed E-state index contributed by atoms with van der Waals surface area (Å²) >= 11 is 0. The highest BCUT2D eigenvalue weighted by atomic mass is 16.5. The number of hydrogen-bond donors (Lipinski definition) is 2. The minimum atomic E-state index is -0.0107. The standard InChI is InChI=1S/C15H19N3O2/c19-15(17-6-7-18-8-10-20-11-9-18)13-2-1-3-14-12(13)4-5-16-14/h1-5,16H,6-11H2,(H,17,19). The predicted molar refractivity (Wildman–Crippen MR) is 77.9 cm³/mol. The van der Waals surface area contributed by atoms with Crippen LogP contribution >= 0.6 is 0 Å². The number of hydrogen-bond acceptors (Lipinski definition) is 3. The van der Waals surface area contributed by atoms with Crippen molar-refractivity contribution in [2.24, 2.45) is 0 Å². The zero-order chi connectivity index (χ0) is 13.8. The molecule has 20 heavy (non-hydrogen) atoms. The van der Waals surface area contributed by atoms with Gasteiger partial charge in [0.25, 0.3) is 5.91 Å². The molecular formula is C15H19N3O2. The molecule has 1 amide bonds. The van der Waals surface area contributed by atoms with Crippen molar-refractivity contribution in [1.29, 1.82) is 0 Å². The number of carbonyl (C=O) groups is 1. The number of fused-ring (bicyclic) bond motifs is 1. The van der Waals surface area contributed by atoms with Crippen LogP contribution in [0.5, 0.6) is 0 Å². The van der Waals surface area contributed by atoms with Crippen LogP contribution in [0, 0.1) is 0 Å². The summed E-state index contributed by atoms with van der Waals surface area (Å²) in [5, 5.41) is 3.96. The third-order valence-electron chi connectivity index (χ3n) is 3.66. The average Bonchev–Trinajstić information content (AvgIpc) is 2.96. The van der Waals surface area contributed by atoms with Gasteiger partial charge in [-0.05, 0) is 18.2 Å². The number of rotatable bonds is 4. The van der Waals surface area contributed by atoms with Crippen LogP contribution in [0.25, 0.3) is 10.9 Å². The van der Waals surface area contributed by atoms with Crippen LogP contribution in [0.2, 0.25) is 0 Å². The van der Waals surface area contributed by atoms with Crippen molar-refractivity contribution in [3.05, 3.63) is 36.0 Å². The molecule has 0 atom stereocenters. The zero-order valence-electron chi connectivity index (χ0n) is 11.4. The lowest BCUT2D eigenvalue weighted by Crippen LogP contribution is -2.41. The van der Waals surface area contributed by atoms with Crippen LogP contribution < -0.4 is 5.32 Å². The van der Waals surface area contributed by atoms with Gasteiger partial charge in [-0.1, -0.05) is 6.07 Å². The highest BCUT2D eigenvalue weighted by Crippen LogP contribution is 2.16. The van der Waals surface area contributed by atoms with E-state index in [1.165, 1.54) is 0 Å². The summed E-state index contributed by atoms with van der Waals surface area (Å²) in [5.41, 5.74) is 1.72. The number of aromatic amines is 1. The molecule has 5 nitrogen and oxygen atoms in total. The van der Waals surface area contributed by atoms with Crippen LogP contribution in [-0.4, -0.2) is 55.2 Å². The monoisotopic (exact) mass is 273 g/mol. The van der Waals surface area contributed by atoms with Gasteiger partial charge in [-0.15, -0.1) is 0 Å². The van der Waals surface area contributed by atoms with E-state index in [2.05, 4.69) is 15.2 Å². The lowest BCUT2D eigenvalue weighted by atomic mass is 10.1. The molecule has 0 spiro atoms. The summed E-state index contributed by atoms with van der Waals surface area (Å²) in [6.07, 6.45) is 1.86. The Balaban J connectivity index is 1.57. The summed E-state index contributed by atoms with van der Waals surface area (Å²) in [5.74, 6) is -0.0107. The third-order valence-corrected chi connectivity index (χ3v) is 3.66. The lowest BCUT2D eigenvalue weighted by Gasteiger charge is -2.26. The molecular weight excluding hydrogens is 254 g/mol. The van der Waals surface area contributed by atoms with E-state index < -0.39 is 0 Å². The molecule has 0 unspecified atom stereocenters. The number of benzene rings is 1. The fourth-order valence-electron chi connectivity index (χ4n) is 2.53. The van der Waals surface area contributed by atoms with Gasteiger partial charge in [0, 0.05) is 48.8 Å². The Morgan fingerprint density at radius 1 is 1.30 bits per heavy atom. The van der Waals surface area contributed by atoms with Crippen LogP contribution in [-0.2, 0) is 4.74 Å². The Morgan fingerprint density at radius 2 is 2.15 bits per heavy atom. The second kappa shape index (κ2) is 6.07. The Morgan fingerprint density at radius 3 is 3.00 bits per heavy atom. The molecule has 0 bridgehead atoms. The molecule has 1 fully saturated rings. The van der Waals surface area contributed by atoms with Gasteiger partial charge in [0.15, 0.2) is 0 Å². The molecule has 2 N–H and O–H groups in total. The summed E-state index contributed by atoms with van der Waals surface area (Å²) < 4.78 is 5.30. The molecule has 1 aromatic heterocycles. The van der Waals surface area contributed by atoms with Crippen molar-refractivity contribution in [2.75, 3.05) is 39.4 Å². The van der Waals surface area contributed by atoms with E-state index in [-0.39, 0.29) is 5.91 Å². The van der Waals surface area contributed by atoms with Gasteiger partial charge in [0.1, 0.15) is 0 Å². The molecule has 2 heterocycles. The van der Waals surface area contributed by atoms with Crippen LogP contribution in [0.1, 0.15) is 10.4 Å². The molecule has 3 rings (SSSR count). The average molecular weight is 273 g/mol. The van der Waals surface area contributed by atoms with Gasteiger partial charge in [0.05, 0.1) is 13.2 Å². The number of ether oxygens (including phenoxy) is 1. The Bertz CT molecular complexity index is 588. The maximum absolute atomic E-state index is 12.2. The normalized spacial score (nSPS) is 16.4. The highest BCUT2D eigenvalue weighted by Gasteiger charge is 2.12. The third kappa shape index (κ3) is 2.84. The van der Waals surface area contributed by atoms with E-state index >= 15 is 0 Å². The van der Waals surface area contributed by atoms with E-state index in [4.69, 9.17) is 4.74 Å². The maximum Gasteiger partial charge on any atom is 0.252 e. The first-order valence-corrected chi connectivity index (χ1v) is 6.99. The van der Waals surface area contributed by atoms with Crippen molar-refractivity contribution in [3.63, 3.8) is 0 Å². The number of amides is 1. The van der Waals surface area contributed by atoms with Crippen molar-refractivity contribution in [2.45, 2.75) is 0 Å². The van der Waals surface area contributed by atoms with Gasteiger partial charge < -0.3 is 15.0 Å². The summed E-state index contributed by atoms with van der Waals surface area (Å²) in [6.45, 7) is 5.01. The van der Waals surface area contributed by atoms with E-state index in [9.17, 15) is 4.79 Å². The van der Waals surface area contributed by atoms with Crippen molar-refractivity contribution >= 4 is 16.8 Å². The number of H-pyrrole nitrogens is 1. The first-order valence-electron chi connectivity index (χ1n) is 6.99. The molecule has 1 aliphatic heterocycles. The second-order valence-electron chi connectivity index (χ2n) is 4.95. The van der Waals surface area contributed by atoms with Crippen molar-refractivity contribution < 1.29 is 9.53 Å². The Labute approximate surface area is 117 Å². The van der Waals surface area contributed by atoms with Crippen molar-refractivity contribution in [3.8, 4) is 0 Å². The Kier molecular flexibility index (Phi) is 3.99. The number of carbonyl (C=O) groups excluding carboxylic acids is 1. The number of nitrogens with one attached hydrogen (secondary N) is 2. The smallest absolute Gasteiger partial charge is 0.252 e. The van der Waals surface area contributed by atoms with Crippen molar-refractivity contribution in [1.82, 2.24) is 15.2 Å². The fourth-order valence-corrected chi connectivity index (χ4v) is 2.53. The first kappa shape index (κ1) is 13.1. The van der Waals surface area contributed by atoms with Gasteiger partial charge in [-0.3, -0.25) is 9.69 Å². The van der Waals surface area contributed by atoms with E-state index in [0.29, 0.717) is 6.54 Å². The highest BCUT2D eigenvalue weighted by molar-refractivity contribution is 6.06. The van der Waals surface area contributed by atoms with E-state index in [1.54, 1.807) is 0 Å². The summed E-state index contributed by atoms with van der Waals surface area (Å²) in [4.78, 5) is 17.7. The number of morpholine rings is 1. The topological polar surface area (TPSA) is 57.4 Å². The van der Waals surface area contributed by atoms with E-state index in [1.807, 2.05) is 30.5 Å². The summed E-state index contributed by atoms with van der Waals surface area (Å²) in [7, 11) is 0. The summed E-state index contributed by atoms with van der Waals surface area (Å²) in [6, 6.07) is 7.67. The number of aromatic nitrogens is 1. The number of nitrogens with zero attached hydrogens (tertiary/aromatic N) is 1. The molecule has 106 valence electrons. The zero-order valence-corrected chi connectivity index (χ0v) is 11.4. The molecule has 0 aliphatic carbocycles. The van der Waals surface area contributed by atoms with Gasteiger partial charge in [-0.25, -0.2) is 0 Å². The molecule has 1 aliphatic rings. The van der Waals surface area contributed by atoms with E-state index in [0.717, 1.165) is 49.3 Å². The maximum atomic E-state index is 12.2. The second-order valence-corrected chi connectivity index (χ2v) is 4.95. The van der Waals surface area contributed by atoms with Gasteiger partial charge in [-0.2, -0.15) is 0 Å². The Hall–Kier alpha value is -1.85. The van der Waals surface area contributed by atoms with Gasteiger partial charge >= 0.3 is 0 Å². The molecule has 5 heteroatoms. The predicted octanol–water partition coefficient (Wildman–Crippen LogP) is 1.23. The van der Waals surface area contributed by atoms with Gasteiger partial charge in [0.2, 0.25) is 0 Å². The lowest BCUT2D eigenvalue weighted by molar-refractivity contribution is 0.0383. The molecule has 0 radical (unpaired) electrons. The fraction of sp³-hybridized carbons (Fsp3) is 0.400. The molecule has 1 aromatic carbocycles. The van der Waals surface area contributed by atoms with Crippen LogP contribution in [0.4, 0.5) is 0 Å². The molecule has 1 saturated heterocycles.